The van der Waals surface area contributed by atoms with Crippen molar-refractivity contribution in [3.05, 3.63) is 59.4 Å². The van der Waals surface area contributed by atoms with Crippen molar-refractivity contribution in [2.45, 2.75) is 38.8 Å². The number of carbonyl (C=O) groups is 1. The quantitative estimate of drug-likeness (QED) is 0.482. The summed E-state index contributed by atoms with van der Waals surface area (Å²) in [6.45, 7) is 5.03. The van der Waals surface area contributed by atoms with Gasteiger partial charge in [-0.1, -0.05) is 0 Å². The van der Waals surface area contributed by atoms with Crippen LogP contribution in [0, 0.1) is 17.5 Å². The van der Waals surface area contributed by atoms with Gasteiger partial charge in [0.15, 0.2) is 0 Å². The Bertz CT molecular complexity index is 1060. The molecule has 0 unspecified atom stereocenters. The third-order valence-corrected chi connectivity index (χ3v) is 5.13. The molecule has 0 saturated heterocycles. The lowest BCUT2D eigenvalue weighted by atomic mass is 10.0. The summed E-state index contributed by atoms with van der Waals surface area (Å²) in [5.41, 5.74) is 0.805. The largest absolute Gasteiger partial charge is 0.388 e. The SMILES string of the molecule is C[C@H](NC(=O)NCCc1c(-c2ccc(F)cc2)[nH]c2c(F)cc(F)cc12)C(C)(C)O. The third kappa shape index (κ3) is 4.76. The van der Waals surface area contributed by atoms with Crippen LogP contribution >= 0.6 is 0 Å². The van der Waals surface area contributed by atoms with Crippen molar-refractivity contribution in [3.8, 4) is 11.3 Å². The molecule has 0 fully saturated rings. The molecule has 0 aliphatic rings. The fourth-order valence-corrected chi connectivity index (χ4v) is 3.12. The number of hydrogen-bond donors (Lipinski definition) is 4. The van der Waals surface area contributed by atoms with E-state index < -0.39 is 35.1 Å². The van der Waals surface area contributed by atoms with Crippen molar-refractivity contribution in [2.24, 2.45) is 0 Å². The molecule has 30 heavy (non-hydrogen) atoms. The molecule has 8 heteroatoms. The Morgan fingerprint density at radius 1 is 1.13 bits per heavy atom. The predicted octanol–water partition coefficient (Wildman–Crippen LogP) is 4.25. The first-order valence-electron chi connectivity index (χ1n) is 9.58. The number of aromatic amines is 1. The highest BCUT2D eigenvalue weighted by molar-refractivity contribution is 5.91. The Morgan fingerprint density at radius 3 is 2.43 bits per heavy atom. The van der Waals surface area contributed by atoms with E-state index in [4.69, 9.17) is 0 Å². The number of carbonyl (C=O) groups excluding carboxylic acids is 1. The first kappa shape index (κ1) is 21.7. The zero-order valence-corrected chi connectivity index (χ0v) is 16.9. The number of urea groups is 1. The molecule has 1 atom stereocenters. The van der Waals surface area contributed by atoms with E-state index in [1.165, 1.54) is 18.2 Å². The number of benzene rings is 2. The summed E-state index contributed by atoms with van der Waals surface area (Å²) < 4.78 is 41.4. The summed E-state index contributed by atoms with van der Waals surface area (Å²) in [6, 6.07) is 6.73. The maximum Gasteiger partial charge on any atom is 0.315 e. The van der Waals surface area contributed by atoms with E-state index in [0.717, 1.165) is 6.07 Å². The first-order chi connectivity index (χ1) is 14.1. The number of fused-ring (bicyclic) bond motifs is 1. The van der Waals surface area contributed by atoms with Crippen LogP contribution < -0.4 is 10.6 Å². The van der Waals surface area contributed by atoms with Crippen LogP contribution in [0.5, 0.6) is 0 Å². The van der Waals surface area contributed by atoms with E-state index in [1.807, 2.05) is 0 Å². The summed E-state index contributed by atoms with van der Waals surface area (Å²) in [7, 11) is 0. The van der Waals surface area contributed by atoms with Crippen molar-refractivity contribution in [1.82, 2.24) is 15.6 Å². The molecular formula is C22H24F3N3O2. The summed E-state index contributed by atoms with van der Waals surface area (Å²) in [6.07, 6.45) is 0.278. The van der Waals surface area contributed by atoms with E-state index in [0.29, 0.717) is 22.2 Å². The Labute approximate surface area is 172 Å². The standard InChI is InChI=1S/C22H24F3N3O2/c1-12(22(2,3)30)27-21(29)26-9-8-16-17-10-15(24)11-18(25)20(17)28-19(16)13-4-6-14(23)7-5-13/h4-7,10-12,28,30H,8-9H2,1-3H3,(H2,26,27,29)/t12-/m0/s1. The van der Waals surface area contributed by atoms with Crippen LogP contribution in [-0.4, -0.2) is 34.3 Å². The van der Waals surface area contributed by atoms with E-state index >= 15 is 0 Å². The molecule has 2 amide bonds. The Hall–Kier alpha value is -3.00. The first-order valence-corrected chi connectivity index (χ1v) is 9.58. The minimum Gasteiger partial charge on any atom is -0.388 e. The number of amides is 2. The van der Waals surface area contributed by atoms with Crippen LogP contribution in [-0.2, 0) is 6.42 Å². The van der Waals surface area contributed by atoms with Crippen molar-refractivity contribution in [2.75, 3.05) is 6.54 Å². The highest BCUT2D eigenvalue weighted by atomic mass is 19.1. The molecule has 0 aliphatic heterocycles. The summed E-state index contributed by atoms with van der Waals surface area (Å²) in [5.74, 6) is -1.85. The minimum absolute atomic E-state index is 0.144. The van der Waals surface area contributed by atoms with Gasteiger partial charge in [-0.3, -0.25) is 0 Å². The summed E-state index contributed by atoms with van der Waals surface area (Å²) in [5, 5.41) is 15.6. The Morgan fingerprint density at radius 2 is 1.80 bits per heavy atom. The van der Waals surface area contributed by atoms with Crippen molar-refractivity contribution >= 4 is 16.9 Å². The monoisotopic (exact) mass is 419 g/mol. The van der Waals surface area contributed by atoms with Gasteiger partial charge >= 0.3 is 6.03 Å². The second-order valence-electron chi connectivity index (χ2n) is 7.82. The zero-order valence-electron chi connectivity index (χ0n) is 16.9. The second kappa shape index (κ2) is 8.39. The highest BCUT2D eigenvalue weighted by Gasteiger charge is 2.24. The van der Waals surface area contributed by atoms with E-state index in [1.54, 1.807) is 32.9 Å². The fraction of sp³-hybridized carbons (Fsp3) is 0.318. The molecule has 160 valence electrons. The van der Waals surface area contributed by atoms with E-state index in [-0.39, 0.29) is 18.5 Å². The number of nitrogens with one attached hydrogen (secondary N) is 3. The molecule has 3 rings (SSSR count). The van der Waals surface area contributed by atoms with Crippen molar-refractivity contribution in [3.63, 3.8) is 0 Å². The lowest BCUT2D eigenvalue weighted by molar-refractivity contribution is 0.0478. The molecule has 1 aromatic heterocycles. The van der Waals surface area contributed by atoms with Gasteiger partial charge in [-0.15, -0.1) is 0 Å². The van der Waals surface area contributed by atoms with Crippen molar-refractivity contribution in [1.29, 1.82) is 0 Å². The van der Waals surface area contributed by atoms with Gasteiger partial charge in [-0.25, -0.2) is 18.0 Å². The molecule has 0 radical (unpaired) electrons. The smallest absolute Gasteiger partial charge is 0.315 e. The maximum absolute atomic E-state index is 14.3. The molecule has 4 N–H and O–H groups in total. The van der Waals surface area contributed by atoms with Crippen LogP contribution in [0.25, 0.3) is 22.2 Å². The van der Waals surface area contributed by atoms with Gasteiger partial charge in [-0.05, 0) is 68.7 Å². The molecule has 0 spiro atoms. The van der Waals surface area contributed by atoms with Gasteiger partial charge in [0.1, 0.15) is 17.5 Å². The van der Waals surface area contributed by atoms with E-state index in [9.17, 15) is 23.1 Å². The predicted molar refractivity (Wildman–Crippen MR) is 110 cm³/mol. The van der Waals surface area contributed by atoms with E-state index in [2.05, 4.69) is 15.6 Å². The highest BCUT2D eigenvalue weighted by Crippen LogP contribution is 2.32. The number of rotatable bonds is 6. The van der Waals surface area contributed by atoms with Gasteiger partial charge in [-0.2, -0.15) is 0 Å². The molecule has 1 heterocycles. The Balaban J connectivity index is 1.85. The average Bonchev–Trinajstić information content (AvgIpc) is 3.00. The van der Waals surface area contributed by atoms with Gasteiger partial charge in [0, 0.05) is 23.7 Å². The normalized spacial score (nSPS) is 12.8. The van der Waals surface area contributed by atoms with Crippen LogP contribution in [0.15, 0.2) is 36.4 Å². The van der Waals surface area contributed by atoms with Gasteiger partial charge < -0.3 is 20.7 Å². The van der Waals surface area contributed by atoms with Gasteiger partial charge in [0.05, 0.1) is 17.2 Å². The second-order valence-corrected chi connectivity index (χ2v) is 7.82. The molecule has 5 nitrogen and oxygen atoms in total. The number of H-pyrrole nitrogens is 1. The molecule has 0 bridgehead atoms. The fourth-order valence-electron chi connectivity index (χ4n) is 3.12. The van der Waals surface area contributed by atoms with Crippen LogP contribution in [0.1, 0.15) is 26.3 Å². The number of aliphatic hydroxyl groups is 1. The average molecular weight is 419 g/mol. The molecule has 0 saturated carbocycles. The molecule has 0 aliphatic carbocycles. The van der Waals surface area contributed by atoms with Crippen LogP contribution in [0.3, 0.4) is 0 Å². The number of hydrogen-bond acceptors (Lipinski definition) is 2. The lowest BCUT2D eigenvalue weighted by Gasteiger charge is -2.26. The minimum atomic E-state index is -1.08. The topological polar surface area (TPSA) is 77.2 Å². The van der Waals surface area contributed by atoms with Crippen molar-refractivity contribution < 1.29 is 23.1 Å². The summed E-state index contributed by atoms with van der Waals surface area (Å²) >= 11 is 0. The number of halogens is 3. The number of aromatic nitrogens is 1. The molecule has 2 aromatic carbocycles. The zero-order chi connectivity index (χ0) is 22.1. The van der Waals surface area contributed by atoms with Crippen LogP contribution in [0.4, 0.5) is 18.0 Å². The Kier molecular flexibility index (Phi) is 6.07. The van der Waals surface area contributed by atoms with Gasteiger partial charge in [0.2, 0.25) is 0 Å². The molecular weight excluding hydrogens is 395 g/mol. The van der Waals surface area contributed by atoms with Gasteiger partial charge in [0.25, 0.3) is 0 Å². The third-order valence-electron chi connectivity index (χ3n) is 5.13. The maximum atomic E-state index is 14.3. The summed E-state index contributed by atoms with van der Waals surface area (Å²) in [4.78, 5) is 15.1. The molecule has 3 aromatic rings. The van der Waals surface area contributed by atoms with Crippen LogP contribution in [0.2, 0.25) is 0 Å². The lowest BCUT2D eigenvalue weighted by Crippen LogP contribution is -2.50.